The third-order valence-corrected chi connectivity index (χ3v) is 3.35. The summed E-state index contributed by atoms with van der Waals surface area (Å²) in [4.78, 5) is 21.1. The smallest absolute Gasteiger partial charge is 0.259 e. The van der Waals surface area contributed by atoms with Crippen molar-refractivity contribution in [1.82, 2.24) is 14.9 Å². The van der Waals surface area contributed by atoms with Crippen LogP contribution in [0.25, 0.3) is 11.4 Å². The van der Waals surface area contributed by atoms with Gasteiger partial charge in [-0.2, -0.15) is 0 Å². The quantitative estimate of drug-likeness (QED) is 0.760. The van der Waals surface area contributed by atoms with E-state index in [4.69, 9.17) is 11.6 Å². The molecule has 7 heteroatoms. The van der Waals surface area contributed by atoms with Crippen LogP contribution in [0.3, 0.4) is 0 Å². The van der Waals surface area contributed by atoms with Crippen molar-refractivity contribution < 1.29 is 13.6 Å². The van der Waals surface area contributed by atoms with Gasteiger partial charge < -0.3 is 4.90 Å². The minimum Gasteiger partial charge on any atom is -0.336 e. The molecule has 1 aromatic carbocycles. The number of aromatic nitrogens is 2. The fraction of sp³-hybridized carbons (Fsp3) is 0.154. The molecule has 0 spiro atoms. The minimum absolute atomic E-state index is 0.0954. The standard InChI is InChI=1S/C13H8ClF2N3O/c1-19-5-8-10(13(19)20)11(14)18-12(17-8)9-6(15)3-2-4-7(9)16/h2-4H,5H2,1H3. The molecule has 0 fully saturated rings. The summed E-state index contributed by atoms with van der Waals surface area (Å²) in [7, 11) is 1.59. The second-order valence-corrected chi connectivity index (χ2v) is 4.78. The summed E-state index contributed by atoms with van der Waals surface area (Å²) in [5.74, 6) is -2.02. The van der Waals surface area contributed by atoms with Crippen LogP contribution in [0.2, 0.25) is 5.15 Å². The highest BCUT2D eigenvalue weighted by Crippen LogP contribution is 2.30. The molecular weight excluding hydrogens is 288 g/mol. The number of fused-ring (bicyclic) bond motifs is 1. The van der Waals surface area contributed by atoms with Crippen LogP contribution in [0, 0.1) is 11.6 Å². The number of amides is 1. The molecule has 2 heterocycles. The lowest BCUT2D eigenvalue weighted by atomic mass is 10.1. The summed E-state index contributed by atoms with van der Waals surface area (Å²) in [5.41, 5.74) is 0.212. The average Bonchev–Trinajstić information content (AvgIpc) is 2.65. The van der Waals surface area contributed by atoms with Crippen molar-refractivity contribution in [1.29, 1.82) is 0 Å². The number of carbonyl (C=O) groups excluding carboxylic acids is 1. The summed E-state index contributed by atoms with van der Waals surface area (Å²) in [6, 6.07) is 3.47. The molecule has 0 unspecified atom stereocenters. The predicted molar refractivity (Wildman–Crippen MR) is 68.2 cm³/mol. The van der Waals surface area contributed by atoms with Gasteiger partial charge in [-0.05, 0) is 12.1 Å². The summed E-state index contributed by atoms with van der Waals surface area (Å²) >= 11 is 5.95. The van der Waals surface area contributed by atoms with Crippen molar-refractivity contribution in [3.8, 4) is 11.4 Å². The lowest BCUT2D eigenvalue weighted by Gasteiger charge is -2.06. The number of benzene rings is 1. The minimum atomic E-state index is -0.779. The van der Waals surface area contributed by atoms with Gasteiger partial charge in [0.25, 0.3) is 5.91 Å². The van der Waals surface area contributed by atoms with Gasteiger partial charge in [0, 0.05) is 7.05 Å². The molecule has 1 aliphatic rings. The highest BCUT2D eigenvalue weighted by Gasteiger charge is 2.31. The van der Waals surface area contributed by atoms with Crippen molar-refractivity contribution in [2.45, 2.75) is 6.54 Å². The molecule has 4 nitrogen and oxygen atoms in total. The fourth-order valence-corrected chi connectivity index (χ4v) is 2.38. The Labute approximate surface area is 118 Å². The number of hydrogen-bond acceptors (Lipinski definition) is 3. The zero-order valence-electron chi connectivity index (χ0n) is 10.3. The molecule has 1 aromatic heterocycles. The maximum atomic E-state index is 13.7. The van der Waals surface area contributed by atoms with E-state index in [1.807, 2.05) is 0 Å². The number of rotatable bonds is 1. The Morgan fingerprint density at radius 3 is 2.50 bits per heavy atom. The van der Waals surface area contributed by atoms with Gasteiger partial charge in [-0.3, -0.25) is 4.79 Å². The number of halogens is 3. The van der Waals surface area contributed by atoms with E-state index in [1.54, 1.807) is 7.05 Å². The first kappa shape index (κ1) is 12.9. The second-order valence-electron chi connectivity index (χ2n) is 4.42. The van der Waals surface area contributed by atoms with Crippen LogP contribution < -0.4 is 0 Å². The molecule has 1 aliphatic heterocycles. The highest BCUT2D eigenvalue weighted by atomic mass is 35.5. The Morgan fingerprint density at radius 1 is 1.20 bits per heavy atom. The molecule has 0 N–H and O–H groups in total. The molecule has 3 rings (SSSR count). The molecular formula is C13H8ClF2N3O. The van der Waals surface area contributed by atoms with Gasteiger partial charge >= 0.3 is 0 Å². The second kappa shape index (κ2) is 4.49. The van der Waals surface area contributed by atoms with Crippen molar-refractivity contribution in [2.75, 3.05) is 7.05 Å². The Kier molecular flexibility index (Phi) is 2.90. The average molecular weight is 296 g/mol. The molecule has 1 amide bonds. The number of carbonyl (C=O) groups is 1. The van der Waals surface area contributed by atoms with Crippen LogP contribution in [0.5, 0.6) is 0 Å². The monoisotopic (exact) mass is 295 g/mol. The molecule has 0 aliphatic carbocycles. The topological polar surface area (TPSA) is 46.1 Å². The molecule has 2 aromatic rings. The van der Waals surface area contributed by atoms with Crippen LogP contribution in [0.15, 0.2) is 18.2 Å². The van der Waals surface area contributed by atoms with Crippen LogP contribution in [0.4, 0.5) is 8.78 Å². The summed E-state index contributed by atoms with van der Waals surface area (Å²) < 4.78 is 27.5. The first-order chi connectivity index (χ1) is 9.49. The van der Waals surface area contributed by atoms with Crippen molar-refractivity contribution in [2.24, 2.45) is 0 Å². The van der Waals surface area contributed by atoms with E-state index in [0.717, 1.165) is 12.1 Å². The number of hydrogen-bond donors (Lipinski definition) is 0. The SMILES string of the molecule is CN1Cc2nc(-c3c(F)cccc3F)nc(Cl)c2C1=O. The van der Waals surface area contributed by atoms with Gasteiger partial charge in [0.2, 0.25) is 0 Å². The third kappa shape index (κ3) is 1.84. The first-order valence-corrected chi connectivity index (χ1v) is 6.13. The van der Waals surface area contributed by atoms with E-state index in [0.29, 0.717) is 5.69 Å². The van der Waals surface area contributed by atoms with E-state index in [2.05, 4.69) is 9.97 Å². The Bertz CT molecular complexity index is 716. The normalized spacial score (nSPS) is 13.8. The first-order valence-electron chi connectivity index (χ1n) is 5.75. The lowest BCUT2D eigenvalue weighted by molar-refractivity contribution is 0.0816. The van der Waals surface area contributed by atoms with Crippen LogP contribution in [-0.2, 0) is 6.54 Å². The summed E-state index contributed by atoms with van der Waals surface area (Å²) in [5, 5.41) is -0.0954. The van der Waals surface area contributed by atoms with E-state index >= 15 is 0 Å². The molecule has 0 radical (unpaired) electrons. The van der Waals surface area contributed by atoms with Crippen LogP contribution in [0.1, 0.15) is 16.1 Å². The molecule has 20 heavy (non-hydrogen) atoms. The molecule has 0 bridgehead atoms. The van der Waals surface area contributed by atoms with Gasteiger partial charge in [0.15, 0.2) is 5.82 Å². The number of nitrogens with zero attached hydrogens (tertiary/aromatic N) is 3. The Morgan fingerprint density at radius 2 is 1.85 bits per heavy atom. The maximum absolute atomic E-state index is 13.7. The molecule has 0 saturated carbocycles. The van der Waals surface area contributed by atoms with Gasteiger partial charge in [-0.15, -0.1) is 0 Å². The van der Waals surface area contributed by atoms with Crippen LogP contribution >= 0.6 is 11.6 Å². The molecule has 0 atom stereocenters. The zero-order chi connectivity index (χ0) is 14.4. The lowest BCUT2D eigenvalue weighted by Crippen LogP contribution is -2.17. The van der Waals surface area contributed by atoms with Crippen molar-refractivity contribution in [3.05, 3.63) is 46.2 Å². The van der Waals surface area contributed by atoms with Crippen LogP contribution in [-0.4, -0.2) is 27.8 Å². The molecule has 102 valence electrons. The van der Waals surface area contributed by atoms with Gasteiger partial charge in [0.1, 0.15) is 22.4 Å². The van der Waals surface area contributed by atoms with Crippen molar-refractivity contribution in [3.63, 3.8) is 0 Å². The van der Waals surface area contributed by atoms with E-state index in [9.17, 15) is 13.6 Å². The summed E-state index contributed by atoms with van der Waals surface area (Å²) in [6.07, 6.45) is 0. The zero-order valence-corrected chi connectivity index (χ0v) is 11.1. The van der Waals surface area contributed by atoms with E-state index < -0.39 is 11.6 Å². The highest BCUT2D eigenvalue weighted by molar-refractivity contribution is 6.33. The van der Waals surface area contributed by atoms with Gasteiger partial charge in [-0.25, -0.2) is 18.7 Å². The summed E-state index contributed by atoms with van der Waals surface area (Å²) in [6.45, 7) is 0.236. The van der Waals surface area contributed by atoms with Crippen molar-refractivity contribution >= 4 is 17.5 Å². The Balaban J connectivity index is 2.22. The third-order valence-electron chi connectivity index (χ3n) is 3.07. The predicted octanol–water partition coefficient (Wildman–Crippen LogP) is 2.66. The Hall–Kier alpha value is -2.08. The van der Waals surface area contributed by atoms with E-state index in [1.165, 1.54) is 11.0 Å². The van der Waals surface area contributed by atoms with E-state index in [-0.39, 0.29) is 34.6 Å². The molecule has 0 saturated heterocycles. The van der Waals surface area contributed by atoms with Gasteiger partial charge in [0.05, 0.1) is 17.8 Å². The van der Waals surface area contributed by atoms with Gasteiger partial charge in [-0.1, -0.05) is 17.7 Å². The fourth-order valence-electron chi connectivity index (χ4n) is 2.11. The maximum Gasteiger partial charge on any atom is 0.259 e. The largest absolute Gasteiger partial charge is 0.336 e.